The van der Waals surface area contributed by atoms with Gasteiger partial charge in [0.1, 0.15) is 0 Å². The number of halogens is 2. The molecule has 0 amide bonds. The van der Waals surface area contributed by atoms with Gasteiger partial charge in [0.25, 0.3) is 11.5 Å². The molecule has 0 aliphatic carbocycles. The van der Waals surface area contributed by atoms with Crippen LogP contribution in [0, 0.1) is 0 Å². The third-order valence-corrected chi connectivity index (χ3v) is 2.25. The molecule has 0 aromatic carbocycles. The topological polar surface area (TPSA) is 70.0 Å². The van der Waals surface area contributed by atoms with Crippen LogP contribution in [0.1, 0.15) is 12.1 Å². The number of aromatic nitrogens is 2. The molecule has 1 aromatic heterocycles. The van der Waals surface area contributed by atoms with Crippen molar-refractivity contribution >= 4 is 0 Å². The molecule has 1 aromatic rings. The molecule has 2 heterocycles. The summed E-state index contributed by atoms with van der Waals surface area (Å²) in [5, 5.41) is 0. The number of nitrogens with zero attached hydrogens (tertiary/aromatic N) is 2. The number of alkyl halides is 2. The first kappa shape index (κ1) is 8.92. The third-order valence-electron chi connectivity index (χ3n) is 2.25. The van der Waals surface area contributed by atoms with Crippen LogP contribution in [-0.2, 0) is 12.5 Å². The number of nitrogens with two attached hydrogens (primary N) is 1. The Labute approximate surface area is 76.3 Å². The monoisotopic (exact) mass is 203 g/mol. The lowest BCUT2D eigenvalue weighted by Gasteiger charge is -2.09. The molecule has 76 valence electrons. The fourth-order valence-electron chi connectivity index (χ4n) is 1.49. The zero-order chi connectivity index (χ0) is 10.5. The summed E-state index contributed by atoms with van der Waals surface area (Å²) in [6, 6.07) is 0.703. The molecule has 0 radical (unpaired) electrons. The first-order valence-corrected chi connectivity index (χ1v) is 3.94. The zero-order valence-electron chi connectivity index (χ0n) is 7.04. The largest absolute Gasteiger partial charge is 0.350 e. The summed E-state index contributed by atoms with van der Waals surface area (Å²) < 4.78 is 27.3. The molecule has 2 rings (SSSR count). The Morgan fingerprint density at radius 3 is 2.71 bits per heavy atom. The van der Waals surface area contributed by atoms with E-state index >= 15 is 0 Å². The van der Waals surface area contributed by atoms with E-state index in [0.29, 0.717) is 10.7 Å². The summed E-state index contributed by atoms with van der Waals surface area (Å²) in [6.45, 7) is -0.112. The van der Waals surface area contributed by atoms with Gasteiger partial charge in [0.05, 0.1) is 5.69 Å². The van der Waals surface area contributed by atoms with Crippen LogP contribution < -0.4 is 17.1 Å². The summed E-state index contributed by atoms with van der Waals surface area (Å²) in [5.41, 5.74) is -2.36. The van der Waals surface area contributed by atoms with Gasteiger partial charge in [-0.3, -0.25) is 9.36 Å². The quantitative estimate of drug-likeness (QED) is 0.562. The van der Waals surface area contributed by atoms with Gasteiger partial charge in [-0.15, -0.1) is 0 Å². The minimum atomic E-state index is -3.10. The molecular weight excluding hydrogens is 196 g/mol. The second-order valence-corrected chi connectivity index (χ2v) is 3.13. The van der Waals surface area contributed by atoms with Crippen LogP contribution in [0.2, 0.25) is 0 Å². The van der Waals surface area contributed by atoms with E-state index in [9.17, 15) is 18.4 Å². The predicted octanol–water partition coefficient (Wildman–Crippen LogP) is -0.781. The minimum absolute atomic E-state index is 0.112. The maximum atomic E-state index is 13.1. The average molecular weight is 203 g/mol. The molecule has 1 aliphatic rings. The normalized spacial score (nSPS) is 18.1. The predicted molar refractivity (Wildman–Crippen MR) is 43.6 cm³/mol. The van der Waals surface area contributed by atoms with E-state index < -0.39 is 29.3 Å². The molecule has 0 atom stereocenters. The summed E-state index contributed by atoms with van der Waals surface area (Å²) in [7, 11) is 0. The molecule has 0 saturated carbocycles. The lowest BCUT2D eigenvalue weighted by Crippen LogP contribution is -2.44. The lowest BCUT2D eigenvalue weighted by molar-refractivity contribution is -0.00247. The van der Waals surface area contributed by atoms with Gasteiger partial charge in [0, 0.05) is 19.0 Å². The van der Waals surface area contributed by atoms with Crippen LogP contribution in [0.4, 0.5) is 8.78 Å². The van der Waals surface area contributed by atoms with Crippen LogP contribution in [0.25, 0.3) is 0 Å². The average Bonchev–Trinajstić information content (AvgIpc) is 2.39. The maximum Gasteiger partial charge on any atom is 0.350 e. The summed E-state index contributed by atoms with van der Waals surface area (Å²) >= 11 is 0. The van der Waals surface area contributed by atoms with Crippen LogP contribution in [0.3, 0.4) is 0 Å². The minimum Gasteiger partial charge on any atom is -0.332 e. The van der Waals surface area contributed by atoms with Gasteiger partial charge in [-0.05, 0) is 0 Å². The molecule has 5 nitrogen and oxygen atoms in total. The standard InChI is InChI=1S/C7H7F2N3O2/c8-7(9)1-2-11-4(7)3-5(13)12(10)6(11)14/h3H,1-2,10H2. The Bertz CT molecular complexity index is 503. The van der Waals surface area contributed by atoms with E-state index in [4.69, 9.17) is 5.84 Å². The highest BCUT2D eigenvalue weighted by Crippen LogP contribution is 2.35. The Morgan fingerprint density at radius 2 is 2.07 bits per heavy atom. The van der Waals surface area contributed by atoms with Gasteiger partial charge < -0.3 is 5.84 Å². The molecule has 0 bridgehead atoms. The Kier molecular flexibility index (Phi) is 1.55. The molecule has 7 heteroatoms. The molecule has 0 unspecified atom stereocenters. The molecule has 0 spiro atoms. The van der Waals surface area contributed by atoms with E-state index in [0.717, 1.165) is 4.57 Å². The number of nitrogen functional groups attached to an aromatic ring is 1. The van der Waals surface area contributed by atoms with Crippen molar-refractivity contribution in [3.05, 3.63) is 32.6 Å². The van der Waals surface area contributed by atoms with Crippen molar-refractivity contribution in [3.8, 4) is 0 Å². The van der Waals surface area contributed by atoms with E-state index in [2.05, 4.69) is 0 Å². The first-order chi connectivity index (χ1) is 6.43. The van der Waals surface area contributed by atoms with Crippen molar-refractivity contribution in [2.24, 2.45) is 0 Å². The van der Waals surface area contributed by atoms with Crippen molar-refractivity contribution in [2.75, 3.05) is 5.84 Å². The highest BCUT2D eigenvalue weighted by Gasteiger charge is 2.40. The van der Waals surface area contributed by atoms with E-state index in [-0.39, 0.29) is 6.54 Å². The first-order valence-electron chi connectivity index (χ1n) is 3.94. The summed E-state index contributed by atoms with van der Waals surface area (Å²) in [4.78, 5) is 22.2. The molecule has 1 aliphatic heterocycles. The smallest absolute Gasteiger partial charge is 0.332 e. The second-order valence-electron chi connectivity index (χ2n) is 3.13. The van der Waals surface area contributed by atoms with E-state index in [1.165, 1.54) is 0 Å². The summed E-state index contributed by atoms with van der Waals surface area (Å²) in [6.07, 6.45) is -0.467. The third kappa shape index (κ3) is 0.980. The van der Waals surface area contributed by atoms with Gasteiger partial charge in [0.15, 0.2) is 0 Å². The highest BCUT2D eigenvalue weighted by molar-refractivity contribution is 5.13. The zero-order valence-corrected chi connectivity index (χ0v) is 7.04. The van der Waals surface area contributed by atoms with Crippen molar-refractivity contribution in [2.45, 2.75) is 18.9 Å². The number of fused-ring (bicyclic) bond motifs is 1. The molecule has 0 fully saturated rings. The SMILES string of the molecule is Nn1c(=O)cc2n(c1=O)CCC2(F)F. The molecule has 2 N–H and O–H groups in total. The molecule has 0 saturated heterocycles. The van der Waals surface area contributed by atoms with Gasteiger partial charge >= 0.3 is 5.69 Å². The highest BCUT2D eigenvalue weighted by atomic mass is 19.3. The Hall–Kier alpha value is -1.66. The number of rotatable bonds is 0. The van der Waals surface area contributed by atoms with Crippen LogP contribution >= 0.6 is 0 Å². The van der Waals surface area contributed by atoms with Crippen LogP contribution in [-0.4, -0.2) is 9.24 Å². The van der Waals surface area contributed by atoms with Gasteiger partial charge in [-0.25, -0.2) is 4.79 Å². The molecular formula is C7H7F2N3O2. The van der Waals surface area contributed by atoms with Crippen molar-refractivity contribution < 1.29 is 8.78 Å². The second kappa shape index (κ2) is 2.43. The van der Waals surface area contributed by atoms with Gasteiger partial charge in [0.2, 0.25) is 0 Å². The maximum absolute atomic E-state index is 13.1. The fraction of sp³-hybridized carbons (Fsp3) is 0.429. The van der Waals surface area contributed by atoms with E-state index in [1.807, 2.05) is 0 Å². The lowest BCUT2D eigenvalue weighted by atomic mass is 10.2. The van der Waals surface area contributed by atoms with Crippen molar-refractivity contribution in [1.29, 1.82) is 0 Å². The summed E-state index contributed by atoms with van der Waals surface area (Å²) in [5.74, 6) is 1.96. The Morgan fingerprint density at radius 1 is 1.43 bits per heavy atom. The van der Waals surface area contributed by atoms with Crippen LogP contribution in [0.5, 0.6) is 0 Å². The van der Waals surface area contributed by atoms with Gasteiger partial charge in [-0.2, -0.15) is 13.5 Å². The van der Waals surface area contributed by atoms with E-state index in [1.54, 1.807) is 0 Å². The van der Waals surface area contributed by atoms with Gasteiger partial charge in [-0.1, -0.05) is 0 Å². The number of hydrogen-bond acceptors (Lipinski definition) is 3. The fourth-order valence-corrected chi connectivity index (χ4v) is 1.49. The molecule has 14 heavy (non-hydrogen) atoms. The number of hydrogen-bond donors (Lipinski definition) is 1. The van der Waals surface area contributed by atoms with Crippen molar-refractivity contribution in [3.63, 3.8) is 0 Å². The Balaban J connectivity index is 2.84. The van der Waals surface area contributed by atoms with Crippen LogP contribution in [0.15, 0.2) is 15.7 Å². The van der Waals surface area contributed by atoms with Crippen molar-refractivity contribution in [1.82, 2.24) is 9.24 Å².